The molecule has 0 spiro atoms. The van der Waals surface area contributed by atoms with Crippen LogP contribution < -0.4 is 10.5 Å². The summed E-state index contributed by atoms with van der Waals surface area (Å²) in [6.45, 7) is 4.28. The summed E-state index contributed by atoms with van der Waals surface area (Å²) < 4.78 is 22.6. The normalized spacial score (nSPS) is 19.6. The fraction of sp³-hybridized carbons (Fsp3) is 0.417. The number of aliphatic imine (C=N–C) groups is 1. The summed E-state index contributed by atoms with van der Waals surface area (Å²) in [5.41, 5.74) is 0.683. The number of hydrogen-bond acceptors (Lipinski definition) is 5. The number of nitrogens with two attached hydrogens (primary N) is 1. The molecule has 0 aliphatic carbocycles. The summed E-state index contributed by atoms with van der Waals surface area (Å²) in [5, 5.41) is 9.06. The molecule has 1 aliphatic heterocycles. The second-order valence-electron chi connectivity index (χ2n) is 4.75. The molecule has 1 aromatic carbocycles. The molecule has 2 rings (SSSR count). The van der Waals surface area contributed by atoms with Gasteiger partial charge in [0, 0.05) is 11.4 Å². The summed E-state index contributed by atoms with van der Waals surface area (Å²) in [6, 6.07) is 6.75. The van der Waals surface area contributed by atoms with Crippen LogP contribution in [0.4, 0.5) is 5.69 Å². The van der Waals surface area contributed by atoms with Gasteiger partial charge in [0.2, 0.25) is 10.0 Å². The molecule has 0 fully saturated rings. The molecule has 0 aromatic heterocycles. The highest BCUT2D eigenvalue weighted by Crippen LogP contribution is 2.25. The third-order valence-electron chi connectivity index (χ3n) is 2.86. The average Bonchev–Trinajstić information content (AvgIpc) is 2.77. The van der Waals surface area contributed by atoms with Crippen LogP contribution in [-0.2, 0) is 10.0 Å². The highest BCUT2D eigenvalue weighted by Gasteiger charge is 2.21. The van der Waals surface area contributed by atoms with Crippen LogP contribution in [0.25, 0.3) is 0 Å². The fourth-order valence-electron chi connectivity index (χ4n) is 1.67. The number of primary sulfonamides is 1. The van der Waals surface area contributed by atoms with Crippen molar-refractivity contribution in [2.24, 2.45) is 16.0 Å². The van der Waals surface area contributed by atoms with Crippen molar-refractivity contribution in [3.63, 3.8) is 0 Å². The zero-order valence-electron chi connectivity index (χ0n) is 10.8. The molecule has 1 aromatic rings. The van der Waals surface area contributed by atoms with E-state index in [1.54, 1.807) is 23.9 Å². The van der Waals surface area contributed by atoms with Crippen molar-refractivity contribution < 1.29 is 8.42 Å². The summed E-state index contributed by atoms with van der Waals surface area (Å²) in [4.78, 5) is 4.66. The van der Waals surface area contributed by atoms with E-state index < -0.39 is 10.0 Å². The van der Waals surface area contributed by atoms with Crippen LogP contribution in [-0.4, -0.2) is 25.4 Å². The van der Waals surface area contributed by atoms with Crippen molar-refractivity contribution in [2.75, 3.05) is 11.1 Å². The predicted molar refractivity (Wildman–Crippen MR) is 80.0 cm³/mol. The maximum atomic E-state index is 11.3. The first-order valence-corrected chi connectivity index (χ1v) is 8.50. The molecule has 0 saturated carbocycles. The van der Waals surface area contributed by atoms with Gasteiger partial charge < -0.3 is 5.32 Å². The van der Waals surface area contributed by atoms with Crippen LogP contribution >= 0.6 is 11.8 Å². The van der Waals surface area contributed by atoms with Crippen molar-refractivity contribution >= 4 is 32.6 Å². The SMILES string of the molecule is CC(C)[C@H]1CSC(Nc2cccc(S(N)(=O)=O)c2)=N1. The van der Waals surface area contributed by atoms with E-state index in [2.05, 4.69) is 24.2 Å². The van der Waals surface area contributed by atoms with E-state index in [1.807, 2.05) is 0 Å². The van der Waals surface area contributed by atoms with E-state index in [0.717, 1.165) is 10.9 Å². The molecule has 1 atom stereocenters. The van der Waals surface area contributed by atoms with Gasteiger partial charge in [-0.15, -0.1) is 0 Å². The predicted octanol–water partition coefficient (Wildman–Crippen LogP) is 1.87. The van der Waals surface area contributed by atoms with E-state index in [4.69, 9.17) is 5.14 Å². The summed E-state index contributed by atoms with van der Waals surface area (Å²) >= 11 is 1.65. The van der Waals surface area contributed by atoms with Gasteiger partial charge >= 0.3 is 0 Å². The lowest BCUT2D eigenvalue weighted by molar-refractivity contribution is 0.543. The molecule has 3 N–H and O–H groups in total. The molecule has 0 unspecified atom stereocenters. The van der Waals surface area contributed by atoms with E-state index in [9.17, 15) is 8.42 Å². The van der Waals surface area contributed by atoms with Gasteiger partial charge in [0.05, 0.1) is 10.9 Å². The third kappa shape index (κ3) is 3.71. The molecule has 1 heterocycles. The standard InChI is InChI=1S/C12H17N3O2S2/c1-8(2)11-7-18-12(15-11)14-9-4-3-5-10(6-9)19(13,16)17/h3-6,8,11H,7H2,1-2H3,(H,14,15)(H2,13,16,17)/t11-/m1/s1. The second-order valence-corrected chi connectivity index (χ2v) is 7.32. The van der Waals surface area contributed by atoms with Crippen molar-refractivity contribution in [3.8, 4) is 0 Å². The zero-order chi connectivity index (χ0) is 14.0. The number of rotatable bonds is 3. The molecular formula is C12H17N3O2S2. The Bertz CT molecular complexity index is 597. The lowest BCUT2D eigenvalue weighted by Gasteiger charge is -2.08. The molecule has 0 amide bonds. The van der Waals surface area contributed by atoms with Crippen LogP contribution in [0.1, 0.15) is 13.8 Å². The van der Waals surface area contributed by atoms with Gasteiger partial charge in [0.1, 0.15) is 0 Å². The minimum absolute atomic E-state index is 0.0986. The van der Waals surface area contributed by atoms with Gasteiger partial charge in [-0.25, -0.2) is 13.6 Å². The molecule has 104 valence electrons. The maximum absolute atomic E-state index is 11.3. The summed E-state index contributed by atoms with van der Waals surface area (Å²) in [6.07, 6.45) is 0. The molecular weight excluding hydrogens is 282 g/mol. The van der Waals surface area contributed by atoms with E-state index in [1.165, 1.54) is 12.1 Å². The lowest BCUT2D eigenvalue weighted by Crippen LogP contribution is -2.13. The molecule has 7 heteroatoms. The molecule has 0 radical (unpaired) electrons. The Kier molecular flexibility index (Phi) is 4.17. The number of nitrogens with zero attached hydrogens (tertiary/aromatic N) is 1. The Hall–Kier alpha value is -1.05. The van der Waals surface area contributed by atoms with E-state index >= 15 is 0 Å². The minimum atomic E-state index is -3.67. The first-order chi connectivity index (χ1) is 8.86. The molecule has 19 heavy (non-hydrogen) atoms. The largest absolute Gasteiger partial charge is 0.335 e. The third-order valence-corrected chi connectivity index (χ3v) is 4.76. The second kappa shape index (κ2) is 5.52. The number of anilines is 1. The van der Waals surface area contributed by atoms with Crippen LogP contribution in [0.2, 0.25) is 0 Å². The smallest absolute Gasteiger partial charge is 0.238 e. The first kappa shape index (κ1) is 14.4. The van der Waals surface area contributed by atoms with Gasteiger partial charge in [0.25, 0.3) is 0 Å². The van der Waals surface area contributed by atoms with E-state index in [0.29, 0.717) is 17.6 Å². The Balaban J connectivity index is 2.15. The fourth-order valence-corrected chi connectivity index (χ4v) is 3.42. The topological polar surface area (TPSA) is 84.5 Å². The Morgan fingerprint density at radius 3 is 2.79 bits per heavy atom. The number of thioether (sulfide) groups is 1. The number of sulfonamides is 1. The van der Waals surface area contributed by atoms with Crippen molar-refractivity contribution in [1.82, 2.24) is 0 Å². The lowest BCUT2D eigenvalue weighted by atomic mass is 10.1. The minimum Gasteiger partial charge on any atom is -0.335 e. The van der Waals surface area contributed by atoms with Crippen LogP contribution in [0.15, 0.2) is 34.2 Å². The Morgan fingerprint density at radius 2 is 2.21 bits per heavy atom. The zero-order valence-corrected chi connectivity index (χ0v) is 12.5. The quantitative estimate of drug-likeness (QED) is 0.892. The molecule has 5 nitrogen and oxygen atoms in total. The van der Waals surface area contributed by atoms with Crippen LogP contribution in [0, 0.1) is 5.92 Å². The number of benzene rings is 1. The van der Waals surface area contributed by atoms with E-state index in [-0.39, 0.29) is 4.90 Å². The van der Waals surface area contributed by atoms with Gasteiger partial charge in [-0.1, -0.05) is 31.7 Å². The highest BCUT2D eigenvalue weighted by molar-refractivity contribution is 8.14. The van der Waals surface area contributed by atoms with Crippen LogP contribution in [0.3, 0.4) is 0 Å². The highest BCUT2D eigenvalue weighted by atomic mass is 32.2. The van der Waals surface area contributed by atoms with Crippen molar-refractivity contribution in [1.29, 1.82) is 0 Å². The summed E-state index contributed by atoms with van der Waals surface area (Å²) in [7, 11) is -3.67. The maximum Gasteiger partial charge on any atom is 0.238 e. The molecule has 0 saturated heterocycles. The number of amidine groups is 1. The van der Waals surface area contributed by atoms with Gasteiger partial charge in [-0.05, 0) is 24.1 Å². The van der Waals surface area contributed by atoms with Crippen molar-refractivity contribution in [3.05, 3.63) is 24.3 Å². The van der Waals surface area contributed by atoms with Gasteiger partial charge in [-0.2, -0.15) is 0 Å². The van der Waals surface area contributed by atoms with Crippen molar-refractivity contribution in [2.45, 2.75) is 24.8 Å². The first-order valence-electron chi connectivity index (χ1n) is 5.97. The van der Waals surface area contributed by atoms with Crippen LogP contribution in [0.5, 0.6) is 0 Å². The Morgan fingerprint density at radius 1 is 1.47 bits per heavy atom. The number of nitrogens with one attached hydrogen (secondary N) is 1. The van der Waals surface area contributed by atoms with Gasteiger partial charge in [-0.3, -0.25) is 4.99 Å². The monoisotopic (exact) mass is 299 g/mol. The number of hydrogen-bond donors (Lipinski definition) is 2. The molecule has 1 aliphatic rings. The molecule has 0 bridgehead atoms. The summed E-state index contributed by atoms with van der Waals surface area (Å²) in [5.74, 6) is 1.46. The average molecular weight is 299 g/mol. The van der Waals surface area contributed by atoms with Gasteiger partial charge in [0.15, 0.2) is 5.17 Å². The Labute approximate surface area is 117 Å².